The van der Waals surface area contributed by atoms with Crippen LogP contribution in [-0.2, 0) is 9.53 Å². The molecule has 19 heavy (non-hydrogen) atoms. The Morgan fingerprint density at radius 2 is 2.11 bits per heavy atom. The van der Waals surface area contributed by atoms with Crippen LogP contribution in [0.5, 0.6) is 11.5 Å². The molecule has 0 bridgehead atoms. The number of rotatable bonds is 1. The molecule has 2 atom stereocenters. The van der Waals surface area contributed by atoms with Crippen molar-refractivity contribution in [1.29, 1.82) is 0 Å². The Morgan fingerprint density at radius 1 is 1.37 bits per heavy atom. The number of halogens is 3. The van der Waals surface area contributed by atoms with Crippen LogP contribution in [0.1, 0.15) is 17.9 Å². The van der Waals surface area contributed by atoms with Crippen molar-refractivity contribution in [1.82, 2.24) is 0 Å². The van der Waals surface area contributed by atoms with Crippen molar-refractivity contribution < 1.29 is 32.2 Å². The van der Waals surface area contributed by atoms with Crippen molar-refractivity contribution in [2.24, 2.45) is 0 Å². The Kier molecular flexibility index (Phi) is 2.27. The Bertz CT molecular complexity index is 554. The second-order valence-electron chi connectivity index (χ2n) is 4.40. The maximum absolute atomic E-state index is 13.2. The highest BCUT2D eigenvalue weighted by Crippen LogP contribution is 2.58. The third kappa shape index (κ3) is 1.50. The quantitative estimate of drug-likeness (QED) is 0.737. The fourth-order valence-electron chi connectivity index (χ4n) is 2.48. The maximum atomic E-state index is 13.2. The molecule has 0 amide bonds. The van der Waals surface area contributed by atoms with Crippen LogP contribution >= 0.6 is 0 Å². The van der Waals surface area contributed by atoms with E-state index in [1.165, 1.54) is 25.3 Å². The number of methoxy groups -OCH3 is 1. The molecule has 0 radical (unpaired) electrons. The first kappa shape index (κ1) is 12.1. The first-order chi connectivity index (χ1) is 8.87. The summed E-state index contributed by atoms with van der Waals surface area (Å²) in [5.41, 5.74) is 0.309. The van der Waals surface area contributed by atoms with Crippen molar-refractivity contribution in [2.75, 3.05) is 7.11 Å². The summed E-state index contributed by atoms with van der Waals surface area (Å²) in [7, 11) is 1.40. The number of hydrogen-bond donors (Lipinski definition) is 0. The van der Waals surface area contributed by atoms with E-state index in [9.17, 15) is 18.0 Å². The molecule has 0 aromatic heterocycles. The van der Waals surface area contributed by atoms with Gasteiger partial charge in [0, 0.05) is 11.6 Å². The molecule has 0 unspecified atom stereocenters. The van der Waals surface area contributed by atoms with Crippen molar-refractivity contribution in [3.8, 4) is 11.5 Å². The number of fused-ring (bicyclic) bond motifs is 3. The van der Waals surface area contributed by atoms with Gasteiger partial charge in [-0.3, -0.25) is 4.79 Å². The number of alkyl halides is 3. The summed E-state index contributed by atoms with van der Waals surface area (Å²) in [4.78, 5) is 11.2. The van der Waals surface area contributed by atoms with Gasteiger partial charge in [0.05, 0.1) is 19.4 Å². The van der Waals surface area contributed by atoms with Gasteiger partial charge in [-0.2, -0.15) is 13.2 Å². The summed E-state index contributed by atoms with van der Waals surface area (Å²) in [5, 5.41) is 0. The number of carbonyl (C=O) groups excluding carboxylic acids is 1. The molecule has 1 aromatic rings. The highest BCUT2D eigenvalue weighted by Gasteiger charge is 2.73. The van der Waals surface area contributed by atoms with Gasteiger partial charge >= 0.3 is 17.9 Å². The van der Waals surface area contributed by atoms with Crippen LogP contribution in [0.4, 0.5) is 13.2 Å². The summed E-state index contributed by atoms with van der Waals surface area (Å²) in [5.74, 6) is -4.56. The van der Waals surface area contributed by atoms with E-state index in [4.69, 9.17) is 9.47 Å². The number of ether oxygens (including phenoxy) is 3. The molecule has 0 saturated carbocycles. The van der Waals surface area contributed by atoms with E-state index in [0.717, 1.165) is 0 Å². The van der Waals surface area contributed by atoms with Crippen LogP contribution < -0.4 is 9.47 Å². The highest BCUT2D eigenvalue weighted by atomic mass is 19.4. The molecule has 0 spiro atoms. The van der Waals surface area contributed by atoms with Gasteiger partial charge in [-0.25, -0.2) is 0 Å². The largest absolute Gasteiger partial charge is 0.497 e. The SMILES string of the molecule is COc1ccc2c(c1)O[C@@]1(C(F)(F)F)OC(=O)C[C@@H]21. The topological polar surface area (TPSA) is 44.8 Å². The van der Waals surface area contributed by atoms with Crippen LogP contribution in [-0.4, -0.2) is 25.0 Å². The Labute approximate surface area is 106 Å². The predicted molar refractivity (Wildman–Crippen MR) is 55.9 cm³/mol. The van der Waals surface area contributed by atoms with E-state index < -0.39 is 23.9 Å². The molecule has 2 aliphatic rings. The summed E-state index contributed by atoms with van der Waals surface area (Å²) < 4.78 is 53.9. The number of esters is 1. The second kappa shape index (κ2) is 3.55. The monoisotopic (exact) mass is 274 g/mol. The predicted octanol–water partition coefficient (Wildman–Crippen LogP) is 2.38. The van der Waals surface area contributed by atoms with Crippen LogP contribution in [0.25, 0.3) is 0 Å². The Morgan fingerprint density at radius 3 is 2.74 bits per heavy atom. The lowest BCUT2D eigenvalue weighted by atomic mass is 9.91. The van der Waals surface area contributed by atoms with Gasteiger partial charge in [0.25, 0.3) is 0 Å². The molecule has 0 N–H and O–H groups in total. The molecule has 0 aliphatic carbocycles. The number of hydrogen-bond acceptors (Lipinski definition) is 4. The average Bonchev–Trinajstić information content (AvgIpc) is 2.80. The third-order valence-corrected chi connectivity index (χ3v) is 3.35. The highest BCUT2D eigenvalue weighted by molar-refractivity contribution is 5.76. The Hall–Kier alpha value is -1.92. The lowest BCUT2D eigenvalue weighted by Gasteiger charge is -2.28. The molecule has 2 heterocycles. The van der Waals surface area contributed by atoms with Gasteiger partial charge in [0.15, 0.2) is 0 Å². The lowest BCUT2D eigenvalue weighted by molar-refractivity contribution is -0.327. The molecule has 1 saturated heterocycles. The van der Waals surface area contributed by atoms with E-state index in [0.29, 0.717) is 11.3 Å². The van der Waals surface area contributed by atoms with Crippen molar-refractivity contribution in [3.63, 3.8) is 0 Å². The van der Waals surface area contributed by atoms with E-state index in [2.05, 4.69) is 4.74 Å². The minimum absolute atomic E-state index is 0.0363. The smallest absolute Gasteiger partial charge is 0.468 e. The van der Waals surface area contributed by atoms with Crippen LogP contribution in [0, 0.1) is 0 Å². The normalized spacial score (nSPS) is 28.4. The summed E-state index contributed by atoms with van der Waals surface area (Å²) in [6.07, 6.45) is -5.14. The minimum atomic E-state index is -4.80. The first-order valence-corrected chi connectivity index (χ1v) is 5.53. The lowest BCUT2D eigenvalue weighted by Crippen LogP contribution is -2.51. The average molecular weight is 274 g/mol. The van der Waals surface area contributed by atoms with Crippen molar-refractivity contribution in [3.05, 3.63) is 23.8 Å². The fraction of sp³-hybridized carbons (Fsp3) is 0.417. The minimum Gasteiger partial charge on any atom is -0.497 e. The van der Waals surface area contributed by atoms with Gasteiger partial charge in [0.2, 0.25) is 0 Å². The van der Waals surface area contributed by atoms with E-state index in [1.807, 2.05) is 0 Å². The van der Waals surface area contributed by atoms with Gasteiger partial charge in [0.1, 0.15) is 11.5 Å². The van der Waals surface area contributed by atoms with Crippen LogP contribution in [0.3, 0.4) is 0 Å². The maximum Gasteiger partial charge on any atom is 0.468 e. The fourth-order valence-corrected chi connectivity index (χ4v) is 2.48. The molecular weight excluding hydrogens is 265 g/mol. The third-order valence-electron chi connectivity index (χ3n) is 3.35. The van der Waals surface area contributed by atoms with E-state index in [1.54, 1.807) is 0 Å². The van der Waals surface area contributed by atoms with E-state index >= 15 is 0 Å². The molecule has 2 aliphatic heterocycles. The van der Waals surface area contributed by atoms with E-state index in [-0.39, 0.29) is 12.2 Å². The first-order valence-electron chi connectivity index (χ1n) is 5.53. The van der Waals surface area contributed by atoms with Crippen LogP contribution in [0.15, 0.2) is 18.2 Å². The van der Waals surface area contributed by atoms with Gasteiger partial charge in [-0.15, -0.1) is 0 Å². The molecule has 1 fully saturated rings. The molecule has 7 heteroatoms. The van der Waals surface area contributed by atoms with Gasteiger partial charge < -0.3 is 14.2 Å². The zero-order chi connectivity index (χ0) is 13.8. The van der Waals surface area contributed by atoms with Gasteiger partial charge in [-0.05, 0) is 6.07 Å². The molecule has 4 nitrogen and oxygen atoms in total. The number of carbonyl (C=O) groups is 1. The van der Waals surface area contributed by atoms with Crippen molar-refractivity contribution >= 4 is 5.97 Å². The van der Waals surface area contributed by atoms with Crippen LogP contribution in [0.2, 0.25) is 0 Å². The number of benzene rings is 1. The summed E-state index contributed by atoms with van der Waals surface area (Å²) >= 11 is 0. The zero-order valence-electron chi connectivity index (χ0n) is 9.78. The molecule has 1 aromatic carbocycles. The second-order valence-corrected chi connectivity index (χ2v) is 4.40. The van der Waals surface area contributed by atoms with Crippen molar-refractivity contribution in [2.45, 2.75) is 24.3 Å². The molecular formula is C12H9F3O4. The molecule has 3 rings (SSSR count). The van der Waals surface area contributed by atoms with Gasteiger partial charge in [-0.1, -0.05) is 6.07 Å². The molecule has 102 valence electrons. The Balaban J connectivity index is 2.11. The summed E-state index contributed by atoms with van der Waals surface area (Å²) in [6.45, 7) is 0. The summed E-state index contributed by atoms with van der Waals surface area (Å²) in [6, 6.07) is 4.35. The zero-order valence-corrected chi connectivity index (χ0v) is 9.78. The standard InChI is InChI=1S/C12H9F3O4/c1-17-6-2-3-7-8-5-10(16)19-11(8,12(13,14)15)18-9(7)4-6/h2-4,8H,5H2,1H3/t8-,11+/m0/s1.